The van der Waals surface area contributed by atoms with Gasteiger partial charge in [0, 0.05) is 24.3 Å². The lowest BCUT2D eigenvalue weighted by Gasteiger charge is -2.28. The van der Waals surface area contributed by atoms with Crippen molar-refractivity contribution < 1.29 is 0 Å². The smallest absolute Gasteiger partial charge is 0.124 e. The van der Waals surface area contributed by atoms with Crippen molar-refractivity contribution in [2.75, 3.05) is 18.0 Å². The molecule has 1 fully saturated rings. The standard InChI is InChI=1S/C15H23N3/c1-3-15(4-2)9-10-18(11-15)13-8-6-5-7-12(13)14(16)17/h5-8H,3-4,9-11H2,1-2H3,(H3,16,17). The molecule has 0 aliphatic carbocycles. The van der Waals surface area contributed by atoms with E-state index in [-0.39, 0.29) is 5.84 Å². The second kappa shape index (κ2) is 5.01. The van der Waals surface area contributed by atoms with Crippen LogP contribution < -0.4 is 10.6 Å². The number of nitrogens with one attached hydrogen (secondary N) is 1. The monoisotopic (exact) mass is 245 g/mol. The van der Waals surface area contributed by atoms with E-state index >= 15 is 0 Å². The zero-order valence-electron chi connectivity index (χ0n) is 11.4. The number of nitrogen functional groups attached to an aromatic ring is 1. The van der Waals surface area contributed by atoms with Crippen molar-refractivity contribution in [3.8, 4) is 0 Å². The molecule has 98 valence electrons. The van der Waals surface area contributed by atoms with Crippen LogP contribution >= 0.6 is 0 Å². The predicted molar refractivity (Wildman–Crippen MR) is 77.3 cm³/mol. The van der Waals surface area contributed by atoms with E-state index in [1.807, 2.05) is 18.2 Å². The quantitative estimate of drug-likeness (QED) is 0.633. The summed E-state index contributed by atoms with van der Waals surface area (Å²) in [7, 11) is 0. The van der Waals surface area contributed by atoms with Crippen LogP contribution in [0.1, 0.15) is 38.7 Å². The highest BCUT2D eigenvalue weighted by Crippen LogP contribution is 2.39. The Hall–Kier alpha value is -1.51. The number of nitrogens with zero attached hydrogens (tertiary/aromatic N) is 1. The minimum atomic E-state index is 0.163. The van der Waals surface area contributed by atoms with Crippen LogP contribution in [0.25, 0.3) is 0 Å². The van der Waals surface area contributed by atoms with E-state index in [9.17, 15) is 0 Å². The summed E-state index contributed by atoms with van der Waals surface area (Å²) in [5.74, 6) is 0.163. The highest BCUT2D eigenvalue weighted by molar-refractivity contribution is 6.00. The summed E-state index contributed by atoms with van der Waals surface area (Å²) >= 11 is 0. The van der Waals surface area contributed by atoms with Crippen LogP contribution in [0.15, 0.2) is 24.3 Å². The molecule has 0 spiro atoms. The number of benzene rings is 1. The van der Waals surface area contributed by atoms with E-state index in [2.05, 4.69) is 24.8 Å². The minimum absolute atomic E-state index is 0.163. The topological polar surface area (TPSA) is 53.1 Å². The first-order chi connectivity index (χ1) is 8.62. The molecule has 1 aliphatic heterocycles. The van der Waals surface area contributed by atoms with Gasteiger partial charge in [0.05, 0.1) is 0 Å². The van der Waals surface area contributed by atoms with Crippen molar-refractivity contribution in [1.82, 2.24) is 0 Å². The van der Waals surface area contributed by atoms with Gasteiger partial charge in [-0.25, -0.2) is 0 Å². The normalized spacial score (nSPS) is 18.0. The van der Waals surface area contributed by atoms with Gasteiger partial charge in [0.15, 0.2) is 0 Å². The lowest BCUT2D eigenvalue weighted by molar-refractivity contribution is 0.301. The van der Waals surface area contributed by atoms with Gasteiger partial charge in [-0.2, -0.15) is 0 Å². The number of para-hydroxylation sites is 1. The van der Waals surface area contributed by atoms with Crippen LogP contribution in [0.4, 0.5) is 5.69 Å². The van der Waals surface area contributed by atoms with E-state index in [0.29, 0.717) is 5.41 Å². The molecule has 0 aromatic heterocycles. The molecule has 0 amide bonds. The summed E-state index contributed by atoms with van der Waals surface area (Å²) in [6.07, 6.45) is 3.69. The molecule has 1 heterocycles. The van der Waals surface area contributed by atoms with Crippen molar-refractivity contribution in [3.05, 3.63) is 29.8 Å². The number of hydrogen-bond donors (Lipinski definition) is 2. The van der Waals surface area contributed by atoms with Gasteiger partial charge in [0.2, 0.25) is 0 Å². The first kappa shape index (κ1) is 12.9. The maximum absolute atomic E-state index is 7.68. The fraction of sp³-hybridized carbons (Fsp3) is 0.533. The first-order valence-corrected chi connectivity index (χ1v) is 6.80. The summed E-state index contributed by atoms with van der Waals surface area (Å²) in [4.78, 5) is 2.39. The molecule has 18 heavy (non-hydrogen) atoms. The first-order valence-electron chi connectivity index (χ1n) is 6.80. The molecule has 1 saturated heterocycles. The predicted octanol–water partition coefficient (Wildman–Crippen LogP) is 2.99. The Kier molecular flexibility index (Phi) is 3.60. The van der Waals surface area contributed by atoms with E-state index in [1.54, 1.807) is 0 Å². The van der Waals surface area contributed by atoms with Crippen LogP contribution in [-0.4, -0.2) is 18.9 Å². The third-order valence-electron chi connectivity index (χ3n) is 4.47. The fourth-order valence-electron chi connectivity index (χ4n) is 2.95. The molecule has 2 rings (SSSR count). The van der Waals surface area contributed by atoms with Gasteiger partial charge >= 0.3 is 0 Å². The van der Waals surface area contributed by atoms with Gasteiger partial charge in [0.25, 0.3) is 0 Å². The molecular weight excluding hydrogens is 222 g/mol. The molecule has 0 saturated carbocycles. The van der Waals surface area contributed by atoms with E-state index < -0.39 is 0 Å². The van der Waals surface area contributed by atoms with Crippen molar-refractivity contribution in [3.63, 3.8) is 0 Å². The van der Waals surface area contributed by atoms with E-state index in [1.165, 1.54) is 19.3 Å². The average molecular weight is 245 g/mol. The Balaban J connectivity index is 2.27. The van der Waals surface area contributed by atoms with Crippen LogP contribution in [0.3, 0.4) is 0 Å². The lowest BCUT2D eigenvalue weighted by atomic mass is 9.82. The molecule has 3 nitrogen and oxygen atoms in total. The molecular formula is C15H23N3. The maximum atomic E-state index is 7.68. The highest BCUT2D eigenvalue weighted by atomic mass is 15.2. The summed E-state index contributed by atoms with van der Waals surface area (Å²) in [6.45, 7) is 6.73. The van der Waals surface area contributed by atoms with Crippen molar-refractivity contribution in [2.45, 2.75) is 33.1 Å². The van der Waals surface area contributed by atoms with E-state index in [0.717, 1.165) is 24.3 Å². The van der Waals surface area contributed by atoms with Crippen LogP contribution in [0.5, 0.6) is 0 Å². The molecule has 0 unspecified atom stereocenters. The zero-order valence-corrected chi connectivity index (χ0v) is 11.4. The van der Waals surface area contributed by atoms with Crippen molar-refractivity contribution >= 4 is 11.5 Å². The van der Waals surface area contributed by atoms with Gasteiger partial charge < -0.3 is 10.6 Å². The molecule has 0 atom stereocenters. The molecule has 1 aliphatic rings. The average Bonchev–Trinajstić information content (AvgIpc) is 2.83. The van der Waals surface area contributed by atoms with Crippen molar-refractivity contribution in [1.29, 1.82) is 5.41 Å². The van der Waals surface area contributed by atoms with Gasteiger partial charge in [-0.15, -0.1) is 0 Å². The molecule has 3 N–H and O–H groups in total. The Morgan fingerprint density at radius 2 is 2.00 bits per heavy atom. The molecule has 1 aromatic carbocycles. The molecule has 0 bridgehead atoms. The number of nitrogens with two attached hydrogens (primary N) is 1. The lowest BCUT2D eigenvalue weighted by Crippen LogP contribution is -2.28. The number of amidine groups is 1. The number of hydrogen-bond acceptors (Lipinski definition) is 2. The molecule has 1 aromatic rings. The van der Waals surface area contributed by atoms with Crippen LogP contribution in [0.2, 0.25) is 0 Å². The molecule has 3 heteroatoms. The summed E-state index contributed by atoms with van der Waals surface area (Å²) in [5.41, 5.74) is 8.10. The second-order valence-corrected chi connectivity index (χ2v) is 5.31. The zero-order chi connectivity index (χ0) is 13.2. The number of anilines is 1. The SMILES string of the molecule is CCC1(CC)CCN(c2ccccc2C(=N)N)C1. The number of rotatable bonds is 4. The summed E-state index contributed by atoms with van der Waals surface area (Å²) < 4.78 is 0. The maximum Gasteiger partial charge on any atom is 0.124 e. The largest absolute Gasteiger partial charge is 0.384 e. The van der Waals surface area contributed by atoms with Gasteiger partial charge in [-0.1, -0.05) is 26.0 Å². The van der Waals surface area contributed by atoms with Gasteiger partial charge in [0.1, 0.15) is 5.84 Å². The third-order valence-corrected chi connectivity index (χ3v) is 4.47. The van der Waals surface area contributed by atoms with Gasteiger partial charge in [-0.05, 0) is 36.8 Å². The molecule has 0 radical (unpaired) electrons. The summed E-state index contributed by atoms with van der Waals surface area (Å²) in [6, 6.07) is 8.00. The van der Waals surface area contributed by atoms with Crippen LogP contribution in [-0.2, 0) is 0 Å². The second-order valence-electron chi connectivity index (χ2n) is 5.31. The fourth-order valence-corrected chi connectivity index (χ4v) is 2.95. The van der Waals surface area contributed by atoms with E-state index in [4.69, 9.17) is 11.1 Å². The Labute approximate surface area is 109 Å². The minimum Gasteiger partial charge on any atom is -0.384 e. The van der Waals surface area contributed by atoms with Crippen molar-refractivity contribution in [2.24, 2.45) is 11.1 Å². The van der Waals surface area contributed by atoms with Crippen LogP contribution in [0, 0.1) is 10.8 Å². The highest BCUT2D eigenvalue weighted by Gasteiger charge is 2.35. The third kappa shape index (κ3) is 2.22. The Bertz CT molecular complexity index is 435. The Morgan fingerprint density at radius 1 is 1.33 bits per heavy atom. The summed E-state index contributed by atoms with van der Waals surface area (Å²) in [5, 5.41) is 7.68. The Morgan fingerprint density at radius 3 is 2.56 bits per heavy atom. The van der Waals surface area contributed by atoms with Gasteiger partial charge in [-0.3, -0.25) is 5.41 Å².